The van der Waals surface area contributed by atoms with Gasteiger partial charge in [0.1, 0.15) is 0 Å². The van der Waals surface area contributed by atoms with E-state index in [1.54, 1.807) is 0 Å². The predicted molar refractivity (Wildman–Crippen MR) is 129 cm³/mol. The smallest absolute Gasteiger partial charge is 0.330 e. The SMILES string of the molecule is CC(=CCC(C=C(C)C(=O)O)(C=C(C)C(=O)O)C(CO)(CO)CO)C(=O)O.CCC(CO)(CO)CO. The molecule has 0 aliphatic carbocycles. The molecule has 0 rings (SSSR count). The van der Waals surface area contributed by atoms with Crippen LogP contribution in [0, 0.1) is 16.2 Å². The number of aliphatic hydroxyl groups is 6. The van der Waals surface area contributed by atoms with E-state index in [1.165, 1.54) is 26.8 Å². The normalized spacial score (nSPS) is 15.0. The van der Waals surface area contributed by atoms with Gasteiger partial charge in [-0.15, -0.1) is 0 Å². The lowest BCUT2D eigenvalue weighted by molar-refractivity contribution is -0.133. The maximum Gasteiger partial charge on any atom is 0.330 e. The van der Waals surface area contributed by atoms with Gasteiger partial charge in [0.2, 0.25) is 0 Å². The highest BCUT2D eigenvalue weighted by molar-refractivity contribution is 5.88. The fourth-order valence-corrected chi connectivity index (χ4v) is 3.06. The molecule has 0 atom stereocenters. The lowest BCUT2D eigenvalue weighted by atomic mass is 9.60. The molecule has 0 amide bonds. The van der Waals surface area contributed by atoms with E-state index in [9.17, 15) is 39.9 Å². The molecule has 0 saturated carbocycles. The van der Waals surface area contributed by atoms with Crippen molar-refractivity contribution in [2.24, 2.45) is 16.2 Å². The quantitative estimate of drug-likeness (QED) is 0.127. The number of rotatable bonds is 15. The molecule has 0 saturated heterocycles. The second-order valence-electron chi connectivity index (χ2n) is 8.78. The Kier molecular flexibility index (Phi) is 16.0. The topological polar surface area (TPSA) is 233 Å². The lowest BCUT2D eigenvalue weighted by Gasteiger charge is -2.45. The summed E-state index contributed by atoms with van der Waals surface area (Å²) in [6.07, 6.45) is 3.78. The zero-order valence-electron chi connectivity index (χ0n) is 21.1. The Morgan fingerprint density at radius 2 is 0.944 bits per heavy atom. The third kappa shape index (κ3) is 9.45. The van der Waals surface area contributed by atoms with Crippen LogP contribution < -0.4 is 0 Å². The van der Waals surface area contributed by atoms with Gasteiger partial charge in [-0.2, -0.15) is 0 Å². The van der Waals surface area contributed by atoms with Crippen molar-refractivity contribution in [2.75, 3.05) is 39.6 Å². The van der Waals surface area contributed by atoms with E-state index in [2.05, 4.69) is 0 Å². The number of hydrogen-bond donors (Lipinski definition) is 9. The fraction of sp³-hybridized carbons (Fsp3) is 0.625. The fourth-order valence-electron chi connectivity index (χ4n) is 3.06. The number of carboxylic acids is 3. The monoisotopic (exact) mass is 520 g/mol. The average molecular weight is 521 g/mol. The van der Waals surface area contributed by atoms with Crippen LogP contribution in [0.3, 0.4) is 0 Å². The van der Waals surface area contributed by atoms with Crippen LogP contribution >= 0.6 is 0 Å². The van der Waals surface area contributed by atoms with Gasteiger partial charge in [0.15, 0.2) is 0 Å². The van der Waals surface area contributed by atoms with E-state index in [0.717, 1.165) is 12.2 Å². The first kappa shape index (κ1) is 35.6. The van der Waals surface area contributed by atoms with E-state index in [0.29, 0.717) is 6.42 Å². The highest BCUT2D eigenvalue weighted by atomic mass is 16.4. The first-order chi connectivity index (χ1) is 16.7. The molecule has 0 aliphatic heterocycles. The van der Waals surface area contributed by atoms with E-state index in [1.807, 2.05) is 6.92 Å². The van der Waals surface area contributed by atoms with Gasteiger partial charge in [-0.1, -0.05) is 25.2 Å². The third-order valence-corrected chi connectivity index (χ3v) is 6.36. The summed E-state index contributed by atoms with van der Waals surface area (Å²) < 4.78 is 0. The molecule has 36 heavy (non-hydrogen) atoms. The third-order valence-electron chi connectivity index (χ3n) is 6.36. The highest BCUT2D eigenvalue weighted by Crippen LogP contribution is 2.47. The Morgan fingerprint density at radius 3 is 1.14 bits per heavy atom. The van der Waals surface area contributed by atoms with Crippen molar-refractivity contribution in [3.63, 3.8) is 0 Å². The van der Waals surface area contributed by atoms with Crippen LogP contribution in [-0.2, 0) is 14.4 Å². The minimum absolute atomic E-state index is 0.107. The average Bonchev–Trinajstić information content (AvgIpc) is 2.85. The van der Waals surface area contributed by atoms with Gasteiger partial charge in [-0.25, -0.2) is 14.4 Å². The molecular weight excluding hydrogens is 480 g/mol. The standard InChI is InChI=1S/C18H26O9.C6H14O3/c1-11(14(22)23)4-5-17(6-12(2)15(24)25,7-13(3)16(26)27)18(8-19,9-20)10-21;1-2-6(3-7,4-8)5-9/h4,6-7,19-21H,5,8-10H2,1-3H3,(H,22,23)(H,24,25)(H,26,27);7-9H,2-5H2,1H3. The Balaban J connectivity index is 0. The Hall–Kier alpha value is -2.61. The molecule has 0 unspecified atom stereocenters. The number of aliphatic carboxylic acids is 3. The van der Waals surface area contributed by atoms with Gasteiger partial charge in [0, 0.05) is 27.5 Å². The highest BCUT2D eigenvalue weighted by Gasteiger charge is 2.48. The van der Waals surface area contributed by atoms with Crippen molar-refractivity contribution in [3.8, 4) is 0 Å². The summed E-state index contributed by atoms with van der Waals surface area (Å²) in [7, 11) is 0. The van der Waals surface area contributed by atoms with Gasteiger partial charge >= 0.3 is 17.9 Å². The van der Waals surface area contributed by atoms with Crippen LogP contribution in [-0.4, -0.2) is 104 Å². The van der Waals surface area contributed by atoms with Gasteiger partial charge < -0.3 is 46.0 Å². The number of aliphatic hydroxyl groups excluding tert-OH is 6. The molecule has 12 heteroatoms. The molecule has 0 aromatic rings. The van der Waals surface area contributed by atoms with E-state index >= 15 is 0 Å². The Bertz CT molecular complexity index is 761. The largest absolute Gasteiger partial charge is 0.478 e. The van der Waals surface area contributed by atoms with Crippen molar-refractivity contribution in [1.82, 2.24) is 0 Å². The van der Waals surface area contributed by atoms with E-state index in [-0.39, 0.29) is 43.0 Å². The van der Waals surface area contributed by atoms with Gasteiger partial charge in [0.05, 0.1) is 45.1 Å². The summed E-state index contributed by atoms with van der Waals surface area (Å²) in [4.78, 5) is 33.8. The van der Waals surface area contributed by atoms with E-state index in [4.69, 9.17) is 20.4 Å². The molecule has 0 aromatic carbocycles. The number of hydrogen-bond acceptors (Lipinski definition) is 9. The summed E-state index contributed by atoms with van der Waals surface area (Å²) in [5, 5.41) is 83.1. The second-order valence-corrected chi connectivity index (χ2v) is 8.78. The second kappa shape index (κ2) is 16.2. The molecule has 0 aliphatic rings. The van der Waals surface area contributed by atoms with Gasteiger partial charge in [0.25, 0.3) is 0 Å². The molecule has 0 heterocycles. The minimum Gasteiger partial charge on any atom is -0.478 e. The maximum absolute atomic E-state index is 11.3. The van der Waals surface area contributed by atoms with E-state index < -0.39 is 54.0 Å². The van der Waals surface area contributed by atoms with Gasteiger partial charge in [-0.05, 0) is 33.6 Å². The Morgan fingerprint density at radius 1 is 0.611 bits per heavy atom. The van der Waals surface area contributed by atoms with Crippen LogP contribution in [0.5, 0.6) is 0 Å². The van der Waals surface area contributed by atoms with Crippen LogP contribution in [0.1, 0.15) is 40.5 Å². The zero-order valence-corrected chi connectivity index (χ0v) is 21.1. The van der Waals surface area contributed by atoms with Crippen molar-refractivity contribution < 1.29 is 60.3 Å². The first-order valence-electron chi connectivity index (χ1n) is 11.1. The summed E-state index contributed by atoms with van der Waals surface area (Å²) in [5.41, 5.74) is -4.68. The molecule has 0 radical (unpaired) electrons. The predicted octanol–water partition coefficient (Wildman–Crippen LogP) is -0.221. The van der Waals surface area contributed by atoms with Crippen molar-refractivity contribution >= 4 is 17.9 Å². The number of carboxylic acid groups (broad SMARTS) is 3. The molecule has 12 nitrogen and oxygen atoms in total. The van der Waals surface area contributed by atoms with Crippen LogP contribution in [0.2, 0.25) is 0 Å². The molecule has 0 fully saturated rings. The molecular formula is C24H40O12. The van der Waals surface area contributed by atoms with Crippen molar-refractivity contribution in [2.45, 2.75) is 40.5 Å². The number of carbonyl (C=O) groups is 3. The summed E-state index contributed by atoms with van der Waals surface area (Å²) >= 11 is 0. The summed E-state index contributed by atoms with van der Waals surface area (Å²) in [5.74, 6) is -3.91. The molecule has 208 valence electrons. The Labute approximate surface area is 210 Å². The summed E-state index contributed by atoms with van der Waals surface area (Å²) in [6, 6.07) is 0. The maximum atomic E-state index is 11.3. The number of allylic oxidation sites excluding steroid dienone is 3. The lowest BCUT2D eigenvalue weighted by Crippen LogP contribution is -2.49. The molecule has 9 N–H and O–H groups in total. The van der Waals surface area contributed by atoms with Crippen molar-refractivity contribution in [3.05, 3.63) is 34.9 Å². The van der Waals surface area contributed by atoms with Gasteiger partial charge in [-0.3, -0.25) is 0 Å². The minimum atomic E-state index is -1.75. The van der Waals surface area contributed by atoms with Crippen molar-refractivity contribution in [1.29, 1.82) is 0 Å². The van der Waals surface area contributed by atoms with Crippen LogP contribution in [0.4, 0.5) is 0 Å². The first-order valence-corrected chi connectivity index (χ1v) is 11.1. The van der Waals surface area contributed by atoms with Crippen LogP contribution in [0.25, 0.3) is 0 Å². The zero-order chi connectivity index (χ0) is 28.7. The molecule has 0 spiro atoms. The summed E-state index contributed by atoms with van der Waals surface area (Å²) in [6.45, 7) is 2.66. The molecule has 0 aromatic heterocycles. The van der Waals surface area contributed by atoms with Crippen LogP contribution in [0.15, 0.2) is 34.9 Å². The molecule has 0 bridgehead atoms.